The summed E-state index contributed by atoms with van der Waals surface area (Å²) in [7, 11) is -3.55. The van der Waals surface area contributed by atoms with Gasteiger partial charge in [-0.25, -0.2) is 17.5 Å². The maximum absolute atomic E-state index is 15.7. The van der Waals surface area contributed by atoms with Crippen LogP contribution in [0.5, 0.6) is 0 Å². The van der Waals surface area contributed by atoms with Crippen molar-refractivity contribution in [3.05, 3.63) is 59.9 Å². The molecule has 34 heavy (non-hydrogen) atoms. The quantitative estimate of drug-likeness (QED) is 0.630. The second-order valence-electron chi connectivity index (χ2n) is 10.2. The molecule has 5 rings (SSSR count). The zero-order chi connectivity index (χ0) is 24.1. The van der Waals surface area contributed by atoms with Crippen molar-refractivity contribution < 1.29 is 22.7 Å². The summed E-state index contributed by atoms with van der Waals surface area (Å²) in [6.07, 6.45) is 4.42. The number of amides is 1. The molecule has 3 atom stereocenters. The third kappa shape index (κ3) is 4.39. The van der Waals surface area contributed by atoms with Crippen LogP contribution in [0.2, 0.25) is 0 Å². The van der Waals surface area contributed by atoms with E-state index in [1.54, 1.807) is 23.1 Å². The monoisotopic (exact) mass is 486 g/mol. The molecule has 2 aliphatic carbocycles. The van der Waals surface area contributed by atoms with Crippen LogP contribution in [0, 0.1) is 17.2 Å². The molecule has 1 spiro atoms. The lowest BCUT2D eigenvalue weighted by molar-refractivity contribution is -0.146. The zero-order valence-corrected chi connectivity index (χ0v) is 20.1. The molecule has 1 unspecified atom stereocenters. The SMILES string of the molecule is CS(=O)(=O)N[C@@H]1[C@H](Cc2cccc(-c3ccccc3)c2F)N(C(=O)C(O)C2CCC2)CC12CC2. The van der Waals surface area contributed by atoms with E-state index in [9.17, 15) is 18.3 Å². The molecular formula is C26H31FN2O4S. The molecule has 3 aliphatic rings. The molecule has 8 heteroatoms. The number of hydrogen-bond acceptors (Lipinski definition) is 4. The number of sulfonamides is 1. The molecule has 1 aliphatic heterocycles. The van der Waals surface area contributed by atoms with Gasteiger partial charge in [0.2, 0.25) is 10.0 Å². The van der Waals surface area contributed by atoms with Gasteiger partial charge in [0.25, 0.3) is 5.91 Å². The highest BCUT2D eigenvalue weighted by Crippen LogP contribution is 2.56. The number of nitrogens with one attached hydrogen (secondary N) is 1. The minimum absolute atomic E-state index is 0.0524. The molecule has 182 valence electrons. The van der Waals surface area contributed by atoms with Crippen molar-refractivity contribution in [2.75, 3.05) is 12.8 Å². The van der Waals surface area contributed by atoms with Crippen molar-refractivity contribution in [2.45, 2.75) is 56.7 Å². The zero-order valence-electron chi connectivity index (χ0n) is 19.3. The van der Waals surface area contributed by atoms with Crippen LogP contribution in [0.1, 0.15) is 37.7 Å². The minimum atomic E-state index is -3.55. The van der Waals surface area contributed by atoms with Gasteiger partial charge in [0.15, 0.2) is 0 Å². The number of halogens is 1. The maximum Gasteiger partial charge on any atom is 0.252 e. The van der Waals surface area contributed by atoms with E-state index in [2.05, 4.69) is 4.72 Å². The number of likely N-dealkylation sites (tertiary alicyclic amines) is 1. The van der Waals surface area contributed by atoms with E-state index in [1.165, 1.54) is 0 Å². The number of nitrogens with zero attached hydrogens (tertiary/aromatic N) is 1. The summed E-state index contributed by atoms with van der Waals surface area (Å²) in [4.78, 5) is 15.0. The first-order chi connectivity index (χ1) is 16.2. The number of carbonyl (C=O) groups is 1. The van der Waals surface area contributed by atoms with Crippen molar-refractivity contribution in [3.8, 4) is 11.1 Å². The number of aliphatic hydroxyl groups excluding tert-OH is 1. The van der Waals surface area contributed by atoms with Crippen LogP contribution in [0.3, 0.4) is 0 Å². The molecule has 6 nitrogen and oxygen atoms in total. The highest BCUT2D eigenvalue weighted by atomic mass is 32.2. The summed E-state index contributed by atoms with van der Waals surface area (Å²) in [6.45, 7) is 0.382. The summed E-state index contributed by atoms with van der Waals surface area (Å²) in [5, 5.41) is 10.7. The Bertz CT molecular complexity index is 1180. The average molecular weight is 487 g/mol. The van der Waals surface area contributed by atoms with Gasteiger partial charge in [-0.3, -0.25) is 4.79 Å². The molecule has 0 radical (unpaired) electrons. The van der Waals surface area contributed by atoms with Crippen LogP contribution < -0.4 is 4.72 Å². The molecule has 0 aromatic heterocycles. The first kappa shape index (κ1) is 23.5. The summed E-state index contributed by atoms with van der Waals surface area (Å²) < 4.78 is 42.9. The van der Waals surface area contributed by atoms with Gasteiger partial charge in [0, 0.05) is 23.6 Å². The van der Waals surface area contributed by atoms with Gasteiger partial charge in [-0.15, -0.1) is 0 Å². The van der Waals surface area contributed by atoms with Gasteiger partial charge in [-0.05, 0) is 49.1 Å². The van der Waals surface area contributed by atoms with Crippen LogP contribution in [-0.4, -0.2) is 55.3 Å². The van der Waals surface area contributed by atoms with E-state index >= 15 is 4.39 Å². The Morgan fingerprint density at radius 2 is 1.88 bits per heavy atom. The lowest BCUT2D eigenvalue weighted by atomic mass is 9.80. The Morgan fingerprint density at radius 3 is 2.47 bits per heavy atom. The topological polar surface area (TPSA) is 86.7 Å². The summed E-state index contributed by atoms with van der Waals surface area (Å²) >= 11 is 0. The number of carbonyl (C=O) groups excluding carboxylic acids is 1. The van der Waals surface area contributed by atoms with Gasteiger partial charge in [0.05, 0.1) is 12.3 Å². The van der Waals surface area contributed by atoms with Crippen LogP contribution in [0.4, 0.5) is 4.39 Å². The van der Waals surface area contributed by atoms with Gasteiger partial charge >= 0.3 is 0 Å². The first-order valence-corrected chi connectivity index (χ1v) is 13.9. The normalized spacial score (nSPS) is 24.7. The second-order valence-corrected chi connectivity index (χ2v) is 12.0. The highest BCUT2D eigenvalue weighted by molar-refractivity contribution is 7.88. The van der Waals surface area contributed by atoms with E-state index in [0.717, 1.165) is 43.9 Å². The maximum atomic E-state index is 15.7. The highest BCUT2D eigenvalue weighted by Gasteiger charge is 2.61. The van der Waals surface area contributed by atoms with E-state index in [0.29, 0.717) is 17.7 Å². The molecule has 1 saturated heterocycles. The van der Waals surface area contributed by atoms with Crippen molar-refractivity contribution >= 4 is 15.9 Å². The van der Waals surface area contributed by atoms with Crippen molar-refractivity contribution in [3.63, 3.8) is 0 Å². The fourth-order valence-corrected chi connectivity index (χ4v) is 6.48. The van der Waals surface area contributed by atoms with Crippen LogP contribution in [0.15, 0.2) is 48.5 Å². The van der Waals surface area contributed by atoms with Crippen LogP contribution >= 0.6 is 0 Å². The van der Waals surface area contributed by atoms with Gasteiger partial charge in [-0.2, -0.15) is 0 Å². The molecule has 2 saturated carbocycles. The smallest absolute Gasteiger partial charge is 0.252 e. The van der Waals surface area contributed by atoms with Crippen molar-refractivity contribution in [1.29, 1.82) is 0 Å². The third-order valence-corrected chi connectivity index (χ3v) is 8.57. The Balaban J connectivity index is 1.50. The molecule has 2 aromatic carbocycles. The van der Waals surface area contributed by atoms with Gasteiger partial charge < -0.3 is 10.0 Å². The molecule has 1 heterocycles. The standard InChI is InChI=1S/C26H31FN2O4S/c1-34(32,33)28-24-21(15-19-11-6-12-20(22(19)27)17-7-3-2-4-8-17)29(16-26(24)13-14-26)25(31)23(30)18-9-5-10-18/h2-4,6-8,11-12,18,21,23-24,28,30H,5,9-10,13-16H2,1H3/t21-,23?,24+/m0/s1. The lowest BCUT2D eigenvalue weighted by Gasteiger charge is -2.35. The largest absolute Gasteiger partial charge is 0.383 e. The molecule has 0 bridgehead atoms. The molecule has 2 N–H and O–H groups in total. The van der Waals surface area contributed by atoms with Gasteiger partial charge in [0.1, 0.15) is 11.9 Å². The predicted octanol–water partition coefficient (Wildman–Crippen LogP) is 3.11. The fraction of sp³-hybridized carbons (Fsp3) is 0.500. The van der Waals surface area contributed by atoms with E-state index < -0.39 is 28.2 Å². The van der Waals surface area contributed by atoms with Crippen molar-refractivity contribution in [1.82, 2.24) is 9.62 Å². The number of hydrogen-bond donors (Lipinski definition) is 2. The van der Waals surface area contributed by atoms with Crippen molar-refractivity contribution in [2.24, 2.45) is 11.3 Å². The lowest BCUT2D eigenvalue weighted by Crippen LogP contribution is -2.52. The number of benzene rings is 2. The summed E-state index contributed by atoms with van der Waals surface area (Å²) in [5.74, 6) is -0.780. The summed E-state index contributed by atoms with van der Waals surface area (Å²) in [6, 6.07) is 13.4. The third-order valence-electron chi connectivity index (χ3n) is 7.89. The fourth-order valence-electron chi connectivity index (χ4n) is 5.61. The predicted molar refractivity (Wildman–Crippen MR) is 128 cm³/mol. The minimum Gasteiger partial charge on any atom is -0.383 e. The Hall–Kier alpha value is -2.29. The van der Waals surface area contributed by atoms with E-state index in [1.807, 2.05) is 30.3 Å². The van der Waals surface area contributed by atoms with E-state index in [-0.39, 0.29) is 29.5 Å². The number of aliphatic hydroxyl groups is 1. The number of rotatable bonds is 7. The van der Waals surface area contributed by atoms with Crippen LogP contribution in [0.25, 0.3) is 11.1 Å². The Labute approximate surface area is 200 Å². The second kappa shape index (κ2) is 8.73. The first-order valence-electron chi connectivity index (χ1n) is 12.0. The van der Waals surface area contributed by atoms with Gasteiger partial charge in [-0.1, -0.05) is 55.0 Å². The summed E-state index contributed by atoms with van der Waals surface area (Å²) in [5.41, 5.74) is 1.31. The molecule has 1 amide bonds. The molecule has 2 aromatic rings. The Morgan fingerprint density at radius 1 is 1.18 bits per heavy atom. The average Bonchev–Trinajstić information content (AvgIpc) is 3.48. The Kier molecular flexibility index (Phi) is 6.02. The molecule has 3 fully saturated rings. The van der Waals surface area contributed by atoms with Crippen LogP contribution in [-0.2, 0) is 21.2 Å². The molecular weight excluding hydrogens is 455 g/mol. The van der Waals surface area contributed by atoms with E-state index in [4.69, 9.17) is 0 Å².